The van der Waals surface area contributed by atoms with Gasteiger partial charge in [0.15, 0.2) is 0 Å². The average molecular weight is 685 g/mol. The normalized spacial score (nSPS) is 19.2. The molecule has 0 unspecified atom stereocenters. The van der Waals surface area contributed by atoms with Crippen molar-refractivity contribution in [3.8, 4) is 0 Å². The topological polar surface area (TPSA) is 93.6 Å². The lowest BCUT2D eigenvalue weighted by Gasteiger charge is -2.38. The predicted octanol–water partition coefficient (Wildman–Crippen LogP) is 7.93. The van der Waals surface area contributed by atoms with Crippen LogP contribution in [0.4, 0.5) is 0 Å². The van der Waals surface area contributed by atoms with Crippen molar-refractivity contribution in [1.82, 2.24) is 9.55 Å². The van der Waals surface area contributed by atoms with Gasteiger partial charge in [0.1, 0.15) is 23.5 Å². The highest BCUT2D eigenvalue weighted by atomic mass is 16.6. The van der Waals surface area contributed by atoms with E-state index in [0.29, 0.717) is 11.1 Å². The molecule has 1 aliphatic rings. The Balaban J connectivity index is 1.23. The second-order valence-corrected chi connectivity index (χ2v) is 13.7. The van der Waals surface area contributed by atoms with Crippen LogP contribution in [0, 0.1) is 6.92 Å². The first-order valence-electron chi connectivity index (χ1n) is 17.5. The zero-order valence-corrected chi connectivity index (χ0v) is 28.5. The molecule has 2 heterocycles. The van der Waals surface area contributed by atoms with Gasteiger partial charge in [-0.3, -0.25) is 14.3 Å². The van der Waals surface area contributed by atoms with E-state index in [0.717, 1.165) is 49.0 Å². The van der Waals surface area contributed by atoms with Crippen LogP contribution in [0.1, 0.15) is 40.5 Å². The van der Waals surface area contributed by atoms with Gasteiger partial charge >= 0.3 is 5.69 Å². The standard InChI is InChI=1S/C45H36N2O5/c1-29-27-47(43(49)46-42(29)48)39-26-44(50,37-25-23-32-21-20-30-12-11-13-31-22-24-36(37)41(32)40(30)31)38(52-39)28-51-45(33-14-5-2-6-15-33,34-16-7-3-8-17-34)35-18-9-4-10-19-35/h2-25,27,38-39,50H,26,28H2,1H3,(H,46,48,49)/t38-,39-,44-/m1/s1. The van der Waals surface area contributed by atoms with E-state index < -0.39 is 34.8 Å². The lowest BCUT2D eigenvalue weighted by Crippen LogP contribution is -2.42. The van der Waals surface area contributed by atoms with E-state index in [1.165, 1.54) is 10.8 Å². The number of rotatable bonds is 8. The third kappa shape index (κ3) is 5.00. The number of aryl methyl sites for hydroxylation is 1. The highest BCUT2D eigenvalue weighted by Crippen LogP contribution is 2.49. The summed E-state index contributed by atoms with van der Waals surface area (Å²) in [4.78, 5) is 28.0. The van der Waals surface area contributed by atoms with Crippen LogP contribution < -0.4 is 11.2 Å². The third-order valence-corrected chi connectivity index (χ3v) is 10.8. The molecule has 9 rings (SSSR count). The first-order valence-corrected chi connectivity index (χ1v) is 17.5. The van der Waals surface area contributed by atoms with Crippen LogP contribution in [0.25, 0.3) is 32.3 Å². The van der Waals surface area contributed by atoms with Crippen molar-refractivity contribution in [2.75, 3.05) is 6.61 Å². The molecule has 52 heavy (non-hydrogen) atoms. The monoisotopic (exact) mass is 684 g/mol. The van der Waals surface area contributed by atoms with Crippen LogP contribution in [-0.4, -0.2) is 27.4 Å². The summed E-state index contributed by atoms with van der Waals surface area (Å²) in [6.45, 7) is 1.61. The summed E-state index contributed by atoms with van der Waals surface area (Å²) < 4.78 is 15.4. The maximum atomic E-state index is 13.3. The van der Waals surface area contributed by atoms with Gasteiger partial charge in [0, 0.05) is 18.2 Å². The first kappa shape index (κ1) is 32.1. The maximum absolute atomic E-state index is 13.3. The molecule has 1 saturated heterocycles. The van der Waals surface area contributed by atoms with Crippen molar-refractivity contribution in [2.24, 2.45) is 0 Å². The Hall–Kier alpha value is -5.86. The predicted molar refractivity (Wildman–Crippen MR) is 204 cm³/mol. The molecule has 0 aliphatic carbocycles. The van der Waals surface area contributed by atoms with E-state index in [4.69, 9.17) is 9.47 Å². The fourth-order valence-corrected chi connectivity index (χ4v) is 8.25. The van der Waals surface area contributed by atoms with Gasteiger partial charge in [0.05, 0.1) is 6.61 Å². The SMILES string of the molecule is Cc1cn([C@H]2C[C@@](O)(c3ccc4ccc5cccc6ccc3c4c56)[C@@H](COC(c3ccccc3)(c3ccccc3)c3ccccc3)O2)c(=O)[nH]c1=O. The van der Waals surface area contributed by atoms with Gasteiger partial charge in [-0.25, -0.2) is 4.79 Å². The van der Waals surface area contributed by atoms with Crippen LogP contribution in [0.5, 0.6) is 0 Å². The lowest BCUT2D eigenvalue weighted by molar-refractivity contribution is -0.123. The fourth-order valence-electron chi connectivity index (χ4n) is 8.25. The Morgan fingerprint density at radius 1 is 0.731 bits per heavy atom. The smallest absolute Gasteiger partial charge is 0.330 e. The Bertz CT molecular complexity index is 2560. The van der Waals surface area contributed by atoms with Gasteiger partial charge in [-0.1, -0.05) is 146 Å². The minimum absolute atomic E-state index is 0.0370. The number of nitrogens with zero attached hydrogens (tertiary/aromatic N) is 1. The summed E-state index contributed by atoms with van der Waals surface area (Å²) in [6.07, 6.45) is -0.266. The highest BCUT2D eigenvalue weighted by molar-refractivity contribution is 6.23. The van der Waals surface area contributed by atoms with Gasteiger partial charge in [-0.15, -0.1) is 0 Å². The van der Waals surface area contributed by atoms with Crippen molar-refractivity contribution in [1.29, 1.82) is 0 Å². The summed E-state index contributed by atoms with van der Waals surface area (Å²) >= 11 is 0. The summed E-state index contributed by atoms with van der Waals surface area (Å²) in [5.41, 5.74) is 0.0689. The summed E-state index contributed by atoms with van der Waals surface area (Å²) in [6, 6.07) is 48.9. The molecule has 1 aliphatic heterocycles. The Morgan fingerprint density at radius 2 is 1.27 bits per heavy atom. The number of aromatic nitrogens is 2. The van der Waals surface area contributed by atoms with Gasteiger partial charge < -0.3 is 14.6 Å². The van der Waals surface area contributed by atoms with Gasteiger partial charge in [-0.05, 0) is 61.5 Å². The van der Waals surface area contributed by atoms with Crippen LogP contribution in [-0.2, 0) is 20.7 Å². The number of H-pyrrole nitrogens is 1. The third-order valence-electron chi connectivity index (χ3n) is 10.8. The van der Waals surface area contributed by atoms with Crippen molar-refractivity contribution in [2.45, 2.75) is 36.9 Å². The van der Waals surface area contributed by atoms with E-state index in [9.17, 15) is 14.7 Å². The molecule has 0 radical (unpaired) electrons. The lowest BCUT2D eigenvalue weighted by atomic mass is 9.79. The summed E-state index contributed by atoms with van der Waals surface area (Å²) in [7, 11) is 0. The first-order chi connectivity index (χ1) is 25.4. The molecule has 0 saturated carbocycles. The van der Waals surface area contributed by atoms with E-state index in [1.807, 2.05) is 103 Å². The van der Waals surface area contributed by atoms with Crippen LogP contribution in [0.3, 0.4) is 0 Å². The number of aromatic amines is 1. The summed E-state index contributed by atoms with van der Waals surface area (Å²) in [5, 5.41) is 19.6. The van der Waals surface area contributed by atoms with Gasteiger partial charge in [0.2, 0.25) is 0 Å². The van der Waals surface area contributed by atoms with Gasteiger partial charge in [0.25, 0.3) is 5.56 Å². The average Bonchev–Trinajstić information content (AvgIpc) is 3.53. The van der Waals surface area contributed by atoms with E-state index in [-0.39, 0.29) is 13.0 Å². The molecule has 3 atom stereocenters. The molecule has 1 fully saturated rings. The Morgan fingerprint density at radius 3 is 1.87 bits per heavy atom. The second-order valence-electron chi connectivity index (χ2n) is 13.7. The van der Waals surface area contributed by atoms with E-state index >= 15 is 0 Å². The maximum Gasteiger partial charge on any atom is 0.330 e. The second kappa shape index (κ2) is 12.4. The molecule has 0 bridgehead atoms. The molecule has 7 nitrogen and oxygen atoms in total. The molecule has 0 amide bonds. The number of hydrogen-bond acceptors (Lipinski definition) is 5. The molecule has 1 aromatic heterocycles. The molecular weight excluding hydrogens is 649 g/mol. The number of hydrogen-bond donors (Lipinski definition) is 2. The number of ether oxygens (including phenoxy) is 2. The molecule has 7 aromatic carbocycles. The fraction of sp³-hybridized carbons (Fsp3) is 0.156. The quantitative estimate of drug-likeness (QED) is 0.125. The van der Waals surface area contributed by atoms with Gasteiger partial charge in [-0.2, -0.15) is 0 Å². The number of aliphatic hydroxyl groups is 1. The van der Waals surface area contributed by atoms with Crippen molar-refractivity contribution < 1.29 is 14.6 Å². The van der Waals surface area contributed by atoms with E-state index in [2.05, 4.69) is 47.4 Å². The minimum atomic E-state index is -1.60. The number of benzene rings is 7. The van der Waals surface area contributed by atoms with E-state index in [1.54, 1.807) is 6.92 Å². The number of nitrogens with one attached hydrogen (secondary N) is 1. The molecular formula is C45H36N2O5. The van der Waals surface area contributed by atoms with Crippen LogP contribution in [0.2, 0.25) is 0 Å². The zero-order chi connectivity index (χ0) is 35.5. The molecule has 7 heteroatoms. The Kier molecular flexibility index (Phi) is 7.66. The highest BCUT2D eigenvalue weighted by Gasteiger charge is 2.52. The molecule has 2 N–H and O–H groups in total. The van der Waals surface area contributed by atoms with Crippen molar-refractivity contribution in [3.05, 3.63) is 200 Å². The largest absolute Gasteiger partial charge is 0.382 e. The van der Waals surface area contributed by atoms with Crippen molar-refractivity contribution in [3.63, 3.8) is 0 Å². The zero-order valence-electron chi connectivity index (χ0n) is 28.5. The van der Waals surface area contributed by atoms with Crippen molar-refractivity contribution >= 4 is 32.3 Å². The van der Waals surface area contributed by atoms with Crippen LogP contribution >= 0.6 is 0 Å². The molecule has 256 valence electrons. The molecule has 8 aromatic rings. The minimum Gasteiger partial charge on any atom is -0.382 e. The summed E-state index contributed by atoms with van der Waals surface area (Å²) in [5.74, 6) is 0. The van der Waals surface area contributed by atoms with Crippen LogP contribution in [0.15, 0.2) is 161 Å². The molecule has 0 spiro atoms. The Labute approximate surface area is 299 Å².